The number of nitrogens with zero attached hydrogens (tertiary/aromatic N) is 1. The van der Waals surface area contributed by atoms with Gasteiger partial charge in [-0.25, -0.2) is 4.99 Å². The van der Waals surface area contributed by atoms with Gasteiger partial charge in [-0.15, -0.1) is 0 Å². The van der Waals surface area contributed by atoms with Gasteiger partial charge in [0.2, 0.25) is 0 Å². The van der Waals surface area contributed by atoms with Crippen LogP contribution in [0.2, 0.25) is 0 Å². The third-order valence-corrected chi connectivity index (χ3v) is 4.33. The van der Waals surface area contributed by atoms with Gasteiger partial charge in [-0.2, -0.15) is 0 Å². The van der Waals surface area contributed by atoms with Crippen LogP contribution >= 0.6 is 0 Å². The molecule has 1 aromatic rings. The van der Waals surface area contributed by atoms with Gasteiger partial charge in [0.1, 0.15) is 12.4 Å². The maximum Gasteiger partial charge on any atom is 0.191 e. The summed E-state index contributed by atoms with van der Waals surface area (Å²) in [5.41, 5.74) is 2.24. The third kappa shape index (κ3) is 9.11. The second kappa shape index (κ2) is 12.6. The van der Waals surface area contributed by atoms with Gasteiger partial charge in [0.25, 0.3) is 0 Å². The molecule has 0 amide bonds. The number of hydrogen-bond donors (Lipinski definition) is 2. The Morgan fingerprint density at radius 2 is 2.04 bits per heavy atom. The Morgan fingerprint density at radius 3 is 2.78 bits per heavy atom. The zero-order valence-corrected chi connectivity index (χ0v) is 17.1. The molecule has 152 valence electrons. The first-order valence-electron chi connectivity index (χ1n) is 10.0. The predicted molar refractivity (Wildman–Crippen MR) is 110 cm³/mol. The second-order valence-corrected chi connectivity index (χ2v) is 6.95. The third-order valence-electron chi connectivity index (χ3n) is 4.33. The molecule has 1 fully saturated rings. The standard InChI is InChI=1S/C21H35N3O3/c1-4-22-21(23-10-5-11-26-16-18-7-8-18)24-15-19-9-6-17(2)14-20(19)27-13-12-25-3/h6,9,14,18H,4-5,7-8,10-13,15-16H2,1-3H3,(H2,22,23,24). The maximum atomic E-state index is 5.85. The van der Waals surface area contributed by atoms with Gasteiger partial charge in [-0.05, 0) is 50.7 Å². The molecular weight excluding hydrogens is 342 g/mol. The molecule has 0 radical (unpaired) electrons. The van der Waals surface area contributed by atoms with E-state index in [0.717, 1.165) is 55.9 Å². The van der Waals surface area contributed by atoms with E-state index in [-0.39, 0.29) is 0 Å². The summed E-state index contributed by atoms with van der Waals surface area (Å²) in [4.78, 5) is 4.70. The molecule has 6 nitrogen and oxygen atoms in total. The van der Waals surface area contributed by atoms with Crippen molar-refractivity contribution in [2.24, 2.45) is 10.9 Å². The van der Waals surface area contributed by atoms with Gasteiger partial charge in [0, 0.05) is 39.0 Å². The van der Waals surface area contributed by atoms with Crippen molar-refractivity contribution in [3.05, 3.63) is 29.3 Å². The average molecular weight is 378 g/mol. The molecule has 1 saturated carbocycles. The Labute approximate surface area is 163 Å². The van der Waals surface area contributed by atoms with E-state index in [1.807, 2.05) is 0 Å². The van der Waals surface area contributed by atoms with Gasteiger partial charge in [0.15, 0.2) is 5.96 Å². The minimum absolute atomic E-state index is 0.538. The molecule has 0 bridgehead atoms. The number of rotatable bonds is 13. The first kappa shape index (κ1) is 21.5. The normalized spacial score (nSPS) is 14.3. The summed E-state index contributed by atoms with van der Waals surface area (Å²) >= 11 is 0. The fraction of sp³-hybridized carbons (Fsp3) is 0.667. The molecule has 1 aliphatic rings. The van der Waals surface area contributed by atoms with E-state index in [1.54, 1.807) is 7.11 Å². The lowest BCUT2D eigenvalue weighted by Crippen LogP contribution is -2.38. The number of hydrogen-bond acceptors (Lipinski definition) is 4. The highest BCUT2D eigenvalue weighted by Gasteiger charge is 2.20. The smallest absolute Gasteiger partial charge is 0.191 e. The van der Waals surface area contributed by atoms with Crippen molar-refractivity contribution in [2.75, 3.05) is 46.6 Å². The lowest BCUT2D eigenvalue weighted by molar-refractivity contribution is 0.123. The van der Waals surface area contributed by atoms with Gasteiger partial charge in [-0.1, -0.05) is 12.1 Å². The van der Waals surface area contributed by atoms with Gasteiger partial charge >= 0.3 is 0 Å². The van der Waals surface area contributed by atoms with E-state index in [1.165, 1.54) is 18.4 Å². The highest BCUT2D eigenvalue weighted by atomic mass is 16.5. The quantitative estimate of drug-likeness (QED) is 0.314. The van der Waals surface area contributed by atoms with E-state index >= 15 is 0 Å². The van der Waals surface area contributed by atoms with Gasteiger partial charge < -0.3 is 24.8 Å². The number of methoxy groups -OCH3 is 1. The predicted octanol–water partition coefficient (Wildman–Crippen LogP) is 2.89. The summed E-state index contributed by atoms with van der Waals surface area (Å²) in [5, 5.41) is 6.67. The average Bonchev–Trinajstić information content (AvgIpc) is 3.48. The number of guanidine groups is 1. The van der Waals surface area contributed by atoms with Gasteiger partial charge in [0.05, 0.1) is 13.2 Å². The lowest BCUT2D eigenvalue weighted by Gasteiger charge is -2.13. The molecule has 1 aliphatic carbocycles. The minimum atomic E-state index is 0.538. The number of aryl methyl sites for hydroxylation is 1. The van der Waals surface area contributed by atoms with Crippen molar-refractivity contribution in [2.45, 2.75) is 39.7 Å². The summed E-state index contributed by atoms with van der Waals surface area (Å²) in [5.74, 6) is 2.52. The molecule has 0 aliphatic heterocycles. The summed E-state index contributed by atoms with van der Waals surface area (Å²) < 4.78 is 16.6. The molecule has 0 heterocycles. The second-order valence-electron chi connectivity index (χ2n) is 6.95. The molecule has 0 unspecified atom stereocenters. The Kier molecular flexibility index (Phi) is 10.0. The van der Waals surface area contributed by atoms with Crippen LogP contribution in [0.5, 0.6) is 5.75 Å². The first-order chi connectivity index (χ1) is 13.2. The van der Waals surface area contributed by atoms with Crippen LogP contribution in [0.15, 0.2) is 23.2 Å². The molecule has 0 saturated heterocycles. The summed E-state index contributed by atoms with van der Waals surface area (Å²) in [7, 11) is 1.68. The van der Waals surface area contributed by atoms with Crippen LogP contribution in [-0.4, -0.2) is 52.6 Å². The van der Waals surface area contributed by atoms with Crippen molar-refractivity contribution in [3.8, 4) is 5.75 Å². The van der Waals surface area contributed by atoms with Crippen molar-refractivity contribution in [1.29, 1.82) is 0 Å². The Balaban J connectivity index is 1.81. The number of benzene rings is 1. The van der Waals surface area contributed by atoms with E-state index in [0.29, 0.717) is 19.8 Å². The van der Waals surface area contributed by atoms with Crippen LogP contribution < -0.4 is 15.4 Å². The Hall–Kier alpha value is -1.79. The SMILES string of the molecule is CCNC(=NCc1ccc(C)cc1OCCOC)NCCCOCC1CC1. The first-order valence-corrected chi connectivity index (χ1v) is 10.0. The molecular formula is C21H35N3O3. The van der Waals surface area contributed by atoms with Crippen molar-refractivity contribution in [1.82, 2.24) is 10.6 Å². The number of aliphatic imine (C=N–C) groups is 1. The van der Waals surface area contributed by atoms with Crippen molar-refractivity contribution in [3.63, 3.8) is 0 Å². The van der Waals surface area contributed by atoms with Crippen LogP contribution in [0.1, 0.15) is 37.3 Å². The van der Waals surface area contributed by atoms with Crippen LogP contribution in [0, 0.1) is 12.8 Å². The molecule has 1 aromatic carbocycles. The van der Waals surface area contributed by atoms with Crippen LogP contribution in [0.25, 0.3) is 0 Å². The molecule has 6 heteroatoms. The fourth-order valence-electron chi connectivity index (χ4n) is 2.58. The zero-order valence-electron chi connectivity index (χ0n) is 17.1. The monoisotopic (exact) mass is 377 g/mol. The minimum Gasteiger partial charge on any atom is -0.491 e. The summed E-state index contributed by atoms with van der Waals surface area (Å²) in [6.07, 6.45) is 3.66. The zero-order chi connectivity index (χ0) is 19.3. The molecule has 0 spiro atoms. The fourth-order valence-corrected chi connectivity index (χ4v) is 2.58. The summed E-state index contributed by atoms with van der Waals surface area (Å²) in [6.45, 7) is 9.21. The van der Waals surface area contributed by atoms with Crippen LogP contribution in [0.3, 0.4) is 0 Å². The van der Waals surface area contributed by atoms with Crippen molar-refractivity contribution >= 4 is 5.96 Å². The largest absolute Gasteiger partial charge is 0.491 e. The van der Waals surface area contributed by atoms with E-state index in [9.17, 15) is 0 Å². The number of ether oxygens (including phenoxy) is 3. The molecule has 27 heavy (non-hydrogen) atoms. The lowest BCUT2D eigenvalue weighted by atomic mass is 10.1. The molecule has 0 atom stereocenters. The van der Waals surface area contributed by atoms with Gasteiger partial charge in [-0.3, -0.25) is 0 Å². The summed E-state index contributed by atoms with van der Waals surface area (Å²) in [6, 6.07) is 6.22. The number of nitrogens with one attached hydrogen (secondary N) is 2. The van der Waals surface area contributed by atoms with E-state index < -0.39 is 0 Å². The van der Waals surface area contributed by atoms with Crippen LogP contribution in [-0.2, 0) is 16.0 Å². The highest BCUT2D eigenvalue weighted by Crippen LogP contribution is 2.28. The molecule has 2 N–H and O–H groups in total. The van der Waals surface area contributed by atoms with E-state index in [2.05, 4.69) is 42.7 Å². The van der Waals surface area contributed by atoms with E-state index in [4.69, 9.17) is 19.2 Å². The Morgan fingerprint density at radius 1 is 1.19 bits per heavy atom. The topological polar surface area (TPSA) is 64.1 Å². The molecule has 2 rings (SSSR count). The Bertz CT molecular complexity index is 574. The van der Waals surface area contributed by atoms with Crippen molar-refractivity contribution < 1.29 is 14.2 Å². The van der Waals surface area contributed by atoms with Crippen LogP contribution in [0.4, 0.5) is 0 Å². The maximum absolute atomic E-state index is 5.85. The molecule has 0 aromatic heterocycles. The highest BCUT2D eigenvalue weighted by molar-refractivity contribution is 5.79.